The molecule has 3 aliphatic carbocycles. The Balaban J connectivity index is 1.37. The molecule has 0 aromatic heterocycles. The summed E-state index contributed by atoms with van der Waals surface area (Å²) in [4.78, 5) is 26.4. The molecule has 2 aromatic rings. The van der Waals surface area contributed by atoms with Crippen LogP contribution in [0, 0.1) is 11.8 Å². The van der Waals surface area contributed by atoms with E-state index in [1.54, 1.807) is 0 Å². The van der Waals surface area contributed by atoms with Crippen LogP contribution in [0.1, 0.15) is 96.1 Å². The second-order valence-electron chi connectivity index (χ2n) is 10.8. The number of carbonyl (C=O) groups is 2. The van der Waals surface area contributed by atoms with E-state index in [9.17, 15) is 26.4 Å². The second-order valence-corrected chi connectivity index (χ2v) is 14.3. The van der Waals surface area contributed by atoms with Crippen molar-refractivity contribution < 1.29 is 26.4 Å². The van der Waals surface area contributed by atoms with Gasteiger partial charge in [-0.25, -0.2) is 26.3 Å². The zero-order valence-corrected chi connectivity index (χ0v) is 23.0. The average molecular weight is 559 g/mol. The molecule has 10 heteroatoms. The molecule has 2 fully saturated rings. The molecule has 3 aliphatic rings. The maximum atomic E-state index is 13.4. The SMILES string of the molecule is O=C1c2ccc(S(=O)(=O)NCC3CCCCC3)cc2C(=O)c2cc(S(=O)(=O)NCC3CCCCC3)ccc21. The molecule has 2 saturated carbocycles. The largest absolute Gasteiger partial charge is 0.289 e. The van der Waals surface area contributed by atoms with Crippen molar-refractivity contribution in [2.45, 2.75) is 74.0 Å². The van der Waals surface area contributed by atoms with Crippen molar-refractivity contribution in [1.29, 1.82) is 0 Å². The van der Waals surface area contributed by atoms with Gasteiger partial charge in [-0.3, -0.25) is 9.59 Å². The molecular formula is C28H34N2O6S2. The van der Waals surface area contributed by atoms with Crippen LogP contribution in [0.25, 0.3) is 0 Å². The van der Waals surface area contributed by atoms with Gasteiger partial charge in [0.2, 0.25) is 20.0 Å². The molecule has 0 heterocycles. The first-order valence-electron chi connectivity index (χ1n) is 13.5. The molecule has 0 amide bonds. The summed E-state index contributed by atoms with van der Waals surface area (Å²) >= 11 is 0. The van der Waals surface area contributed by atoms with Gasteiger partial charge in [-0.05, 0) is 73.9 Å². The molecule has 0 unspecified atom stereocenters. The predicted molar refractivity (Wildman–Crippen MR) is 143 cm³/mol. The Bertz CT molecular complexity index is 1350. The van der Waals surface area contributed by atoms with E-state index in [4.69, 9.17) is 0 Å². The number of ketones is 2. The van der Waals surface area contributed by atoms with E-state index < -0.39 is 31.6 Å². The van der Waals surface area contributed by atoms with Crippen LogP contribution in [0.5, 0.6) is 0 Å². The number of carbonyl (C=O) groups excluding carboxylic acids is 2. The minimum Gasteiger partial charge on any atom is -0.289 e. The normalized spacial score (nSPS) is 19.3. The molecule has 0 saturated heterocycles. The Morgan fingerprint density at radius 2 is 0.921 bits per heavy atom. The number of nitrogens with one attached hydrogen (secondary N) is 2. The van der Waals surface area contributed by atoms with Crippen molar-refractivity contribution in [3.8, 4) is 0 Å². The summed E-state index contributed by atoms with van der Waals surface area (Å²) < 4.78 is 57.3. The topological polar surface area (TPSA) is 126 Å². The first-order valence-corrected chi connectivity index (χ1v) is 16.5. The van der Waals surface area contributed by atoms with E-state index in [2.05, 4.69) is 9.44 Å². The summed E-state index contributed by atoms with van der Waals surface area (Å²) in [5, 5.41) is 0. The third-order valence-corrected chi connectivity index (χ3v) is 11.0. The fourth-order valence-electron chi connectivity index (χ4n) is 5.85. The fourth-order valence-corrected chi connectivity index (χ4v) is 8.13. The van der Waals surface area contributed by atoms with Crippen LogP contribution in [0.4, 0.5) is 0 Å². The Morgan fingerprint density at radius 3 is 1.32 bits per heavy atom. The molecule has 0 bridgehead atoms. The zero-order chi connectivity index (χ0) is 26.9. The van der Waals surface area contributed by atoms with E-state index in [0.717, 1.165) is 51.4 Å². The minimum atomic E-state index is -3.88. The van der Waals surface area contributed by atoms with E-state index in [1.807, 2.05) is 0 Å². The van der Waals surface area contributed by atoms with Gasteiger partial charge in [0, 0.05) is 35.3 Å². The molecule has 5 rings (SSSR count). The number of fused-ring (bicyclic) bond motifs is 2. The van der Waals surface area contributed by atoms with E-state index in [0.29, 0.717) is 24.9 Å². The maximum Gasteiger partial charge on any atom is 0.240 e. The number of sulfonamides is 2. The highest BCUT2D eigenvalue weighted by atomic mass is 32.2. The summed E-state index contributed by atoms with van der Waals surface area (Å²) in [6.07, 6.45) is 10.6. The second kappa shape index (κ2) is 11.0. The lowest BCUT2D eigenvalue weighted by atomic mass is 9.84. The summed E-state index contributed by atoms with van der Waals surface area (Å²) in [5.74, 6) is -0.423. The van der Waals surface area contributed by atoms with Gasteiger partial charge in [0.05, 0.1) is 9.79 Å². The van der Waals surface area contributed by atoms with Gasteiger partial charge in [-0.2, -0.15) is 0 Å². The number of rotatable bonds is 8. The van der Waals surface area contributed by atoms with Gasteiger partial charge >= 0.3 is 0 Å². The van der Waals surface area contributed by atoms with Crippen molar-refractivity contribution in [2.75, 3.05) is 13.1 Å². The van der Waals surface area contributed by atoms with Gasteiger partial charge < -0.3 is 0 Å². The average Bonchev–Trinajstić information content (AvgIpc) is 2.94. The minimum absolute atomic E-state index is 0.0345. The molecule has 0 atom stereocenters. The summed E-state index contributed by atoms with van der Waals surface area (Å²) in [7, 11) is -7.76. The van der Waals surface area contributed by atoms with E-state index in [1.165, 1.54) is 49.2 Å². The zero-order valence-electron chi connectivity index (χ0n) is 21.4. The van der Waals surface area contributed by atoms with Crippen LogP contribution in [0.15, 0.2) is 46.2 Å². The van der Waals surface area contributed by atoms with Crippen LogP contribution in [-0.2, 0) is 20.0 Å². The molecule has 0 aliphatic heterocycles. The smallest absolute Gasteiger partial charge is 0.240 e. The lowest BCUT2D eigenvalue weighted by Crippen LogP contribution is -2.31. The highest BCUT2D eigenvalue weighted by Gasteiger charge is 2.33. The molecule has 0 spiro atoms. The lowest BCUT2D eigenvalue weighted by Gasteiger charge is -2.23. The van der Waals surface area contributed by atoms with Crippen LogP contribution in [-0.4, -0.2) is 41.5 Å². The fraction of sp³-hybridized carbons (Fsp3) is 0.500. The number of benzene rings is 2. The molecule has 2 aromatic carbocycles. The van der Waals surface area contributed by atoms with Crippen molar-refractivity contribution in [3.63, 3.8) is 0 Å². The van der Waals surface area contributed by atoms with E-state index >= 15 is 0 Å². The van der Waals surface area contributed by atoms with Gasteiger partial charge in [0.15, 0.2) is 11.6 Å². The third-order valence-electron chi connectivity index (χ3n) is 8.15. The van der Waals surface area contributed by atoms with Crippen molar-refractivity contribution in [3.05, 3.63) is 58.7 Å². The maximum absolute atomic E-state index is 13.4. The van der Waals surface area contributed by atoms with Crippen molar-refractivity contribution >= 4 is 31.6 Å². The standard InChI is InChI=1S/C28H34N2O6S2/c31-27-23-13-11-21(37(33,34)29-17-19-7-3-1-4-8-19)15-25(23)28(32)26-16-22(12-14-24(26)27)38(35,36)30-18-20-9-5-2-6-10-20/h11-16,19-20,29-30H,1-10,17-18H2. The molecule has 2 N–H and O–H groups in total. The quantitative estimate of drug-likeness (QED) is 0.427. The van der Waals surface area contributed by atoms with Crippen LogP contribution >= 0.6 is 0 Å². The summed E-state index contributed by atoms with van der Waals surface area (Å²) in [6.45, 7) is 0.675. The Hall–Kier alpha value is -2.40. The molecular weight excluding hydrogens is 524 g/mol. The van der Waals surface area contributed by atoms with Gasteiger partial charge in [0.25, 0.3) is 0 Å². The van der Waals surface area contributed by atoms with Gasteiger partial charge in [-0.15, -0.1) is 0 Å². The van der Waals surface area contributed by atoms with Crippen LogP contribution < -0.4 is 9.44 Å². The van der Waals surface area contributed by atoms with Crippen molar-refractivity contribution in [2.24, 2.45) is 11.8 Å². The van der Waals surface area contributed by atoms with Crippen LogP contribution in [0.2, 0.25) is 0 Å². The Kier molecular flexibility index (Phi) is 7.86. The first-order chi connectivity index (χ1) is 18.2. The third kappa shape index (κ3) is 5.64. The van der Waals surface area contributed by atoms with Gasteiger partial charge in [-0.1, -0.05) is 38.5 Å². The first kappa shape index (κ1) is 27.2. The van der Waals surface area contributed by atoms with Crippen LogP contribution in [0.3, 0.4) is 0 Å². The summed E-state index contributed by atoms with van der Waals surface area (Å²) in [6, 6.07) is 7.86. The molecule has 0 radical (unpaired) electrons. The van der Waals surface area contributed by atoms with Gasteiger partial charge in [0.1, 0.15) is 0 Å². The van der Waals surface area contributed by atoms with Crippen molar-refractivity contribution in [1.82, 2.24) is 9.44 Å². The highest BCUT2D eigenvalue weighted by molar-refractivity contribution is 7.89. The number of hydrogen-bond acceptors (Lipinski definition) is 6. The Morgan fingerprint density at radius 1 is 0.553 bits per heavy atom. The highest BCUT2D eigenvalue weighted by Crippen LogP contribution is 2.31. The number of hydrogen-bond donors (Lipinski definition) is 2. The molecule has 204 valence electrons. The predicted octanol–water partition coefficient (Wildman–Crippen LogP) is 4.18. The Labute approximate surface area is 224 Å². The monoisotopic (exact) mass is 558 g/mol. The summed E-state index contributed by atoms with van der Waals surface area (Å²) in [5.41, 5.74) is 0.153. The molecule has 38 heavy (non-hydrogen) atoms. The lowest BCUT2D eigenvalue weighted by molar-refractivity contribution is 0.0978. The molecule has 8 nitrogen and oxygen atoms in total. The van der Waals surface area contributed by atoms with E-state index in [-0.39, 0.29) is 32.0 Å².